The Bertz CT molecular complexity index is 91.0. The summed E-state index contributed by atoms with van der Waals surface area (Å²) in [4.78, 5) is 11.2. The third kappa shape index (κ3) is 105. The van der Waals surface area contributed by atoms with Gasteiger partial charge in [-0.05, 0) is 21.1 Å². The van der Waals surface area contributed by atoms with E-state index in [2.05, 4.69) is 6.58 Å². The van der Waals surface area contributed by atoms with Crippen molar-refractivity contribution in [3.8, 4) is 0 Å². The van der Waals surface area contributed by atoms with Crippen LogP contribution in [0.3, 0.4) is 0 Å². The van der Waals surface area contributed by atoms with Crippen molar-refractivity contribution in [2.45, 2.75) is 0 Å². The maximum atomic E-state index is 9.25. The van der Waals surface area contributed by atoms with Gasteiger partial charge < -0.3 is 10.0 Å². The molecule has 0 saturated heterocycles. The van der Waals surface area contributed by atoms with E-state index < -0.39 is 5.97 Å². The van der Waals surface area contributed by atoms with E-state index in [1.165, 1.54) is 0 Å². The first-order valence-electron chi connectivity index (χ1n) is 2.47. The molecule has 0 aromatic rings. The van der Waals surface area contributed by atoms with Crippen LogP contribution in [0.15, 0.2) is 12.7 Å². The fourth-order valence-electron chi connectivity index (χ4n) is 0. The first kappa shape index (κ1) is 16.5. The molecule has 4 heteroatoms. The number of carbonyl (C=O) groups is 1. The number of carboxylic acids is 1. The smallest absolute Gasteiger partial charge is 0.327 e. The Morgan fingerprint density at radius 3 is 1.60 bits per heavy atom. The first-order chi connectivity index (χ1) is 4.00. The van der Waals surface area contributed by atoms with E-state index in [1.54, 1.807) is 0 Å². The van der Waals surface area contributed by atoms with Gasteiger partial charge in [0.25, 0.3) is 0 Å². The summed E-state index contributed by atoms with van der Waals surface area (Å²) in [5.41, 5.74) is 0. The Hall–Kier alpha value is -0.116. The van der Waals surface area contributed by atoms with Crippen molar-refractivity contribution >= 4 is 5.97 Å². The topological polar surface area (TPSA) is 40.5 Å². The van der Waals surface area contributed by atoms with Gasteiger partial charge in [0, 0.05) is 27.8 Å². The predicted molar refractivity (Wildman–Crippen MR) is 37.4 cm³/mol. The average molecular weight is 179 g/mol. The summed E-state index contributed by atoms with van der Waals surface area (Å²) in [7, 11) is 6.00. The van der Waals surface area contributed by atoms with Gasteiger partial charge >= 0.3 is 5.97 Å². The zero-order valence-electron chi connectivity index (χ0n) is 6.59. The fourth-order valence-corrected chi connectivity index (χ4v) is 0. The van der Waals surface area contributed by atoms with Gasteiger partial charge in [-0.1, -0.05) is 6.58 Å². The minimum Gasteiger partial charge on any atom is -0.478 e. The largest absolute Gasteiger partial charge is 0.478 e. The summed E-state index contributed by atoms with van der Waals surface area (Å²) in [6, 6.07) is 0. The standard InChI is InChI=1S/C3H9N.C3H4O2.Ti/c1-4(2)3;1-2-3(4)5;/h1-3H3;2H,1H2,(H,4,5);. The minimum atomic E-state index is -0.981. The van der Waals surface area contributed by atoms with E-state index in [-0.39, 0.29) is 21.7 Å². The Morgan fingerprint density at radius 2 is 1.60 bits per heavy atom. The zero-order valence-corrected chi connectivity index (χ0v) is 8.15. The van der Waals surface area contributed by atoms with Crippen LogP contribution in [0, 0.1) is 0 Å². The third-order valence-corrected chi connectivity index (χ3v) is 0.175. The quantitative estimate of drug-likeness (QED) is 0.468. The SMILES string of the molecule is C=CC(=O)O.CN(C)C.[Ti]. The van der Waals surface area contributed by atoms with Crippen molar-refractivity contribution in [1.82, 2.24) is 4.90 Å². The van der Waals surface area contributed by atoms with Crippen molar-refractivity contribution in [3.63, 3.8) is 0 Å². The van der Waals surface area contributed by atoms with Crippen LogP contribution in [0.4, 0.5) is 0 Å². The molecule has 0 heterocycles. The maximum absolute atomic E-state index is 9.25. The second kappa shape index (κ2) is 11.7. The molecule has 0 aliphatic heterocycles. The van der Waals surface area contributed by atoms with E-state index in [0.717, 1.165) is 6.08 Å². The van der Waals surface area contributed by atoms with Crippen LogP contribution in [0.1, 0.15) is 0 Å². The van der Waals surface area contributed by atoms with Crippen molar-refractivity contribution in [2.75, 3.05) is 21.1 Å². The molecule has 0 amide bonds. The van der Waals surface area contributed by atoms with Crippen molar-refractivity contribution in [3.05, 3.63) is 12.7 Å². The van der Waals surface area contributed by atoms with Gasteiger partial charge in [-0.15, -0.1) is 0 Å². The summed E-state index contributed by atoms with van der Waals surface area (Å²) in [5.74, 6) is -0.981. The molecule has 0 unspecified atom stereocenters. The van der Waals surface area contributed by atoms with Gasteiger partial charge in [0.05, 0.1) is 0 Å². The van der Waals surface area contributed by atoms with Crippen molar-refractivity contribution in [1.29, 1.82) is 0 Å². The normalized spacial score (nSPS) is 6.80. The molecule has 0 atom stereocenters. The molecule has 0 fully saturated rings. The molecule has 0 aliphatic rings. The number of nitrogens with zero attached hydrogens (tertiary/aromatic N) is 1. The van der Waals surface area contributed by atoms with Gasteiger partial charge in [0.15, 0.2) is 0 Å². The van der Waals surface area contributed by atoms with Crippen LogP contribution in [-0.4, -0.2) is 37.1 Å². The van der Waals surface area contributed by atoms with E-state index >= 15 is 0 Å². The average Bonchev–Trinajstić information content (AvgIpc) is 1.65. The Kier molecular flexibility index (Phi) is 19.2. The molecule has 0 aromatic heterocycles. The second-order valence-corrected chi connectivity index (χ2v) is 1.88. The molecular formula is C6H13NO2Ti. The van der Waals surface area contributed by atoms with E-state index in [9.17, 15) is 4.79 Å². The molecule has 10 heavy (non-hydrogen) atoms. The number of rotatable bonds is 1. The maximum Gasteiger partial charge on any atom is 0.327 e. The van der Waals surface area contributed by atoms with Gasteiger partial charge in [-0.2, -0.15) is 0 Å². The number of aliphatic carboxylic acids is 1. The van der Waals surface area contributed by atoms with Crippen LogP contribution in [0.25, 0.3) is 0 Å². The molecule has 0 bridgehead atoms. The van der Waals surface area contributed by atoms with Gasteiger partial charge in [0.1, 0.15) is 0 Å². The molecule has 0 spiro atoms. The summed E-state index contributed by atoms with van der Waals surface area (Å²) < 4.78 is 0. The Balaban J connectivity index is -0.0000000910. The number of carboxylic acid groups (broad SMARTS) is 1. The molecule has 58 valence electrons. The monoisotopic (exact) mass is 179 g/mol. The Labute approximate surface area is 76.6 Å². The number of hydrogen-bond donors (Lipinski definition) is 1. The molecule has 1 N–H and O–H groups in total. The van der Waals surface area contributed by atoms with Crippen LogP contribution in [0.5, 0.6) is 0 Å². The van der Waals surface area contributed by atoms with Crippen LogP contribution < -0.4 is 0 Å². The third-order valence-electron chi connectivity index (χ3n) is 0.175. The predicted octanol–water partition coefficient (Wildman–Crippen LogP) is 0.432. The Morgan fingerprint density at radius 1 is 1.50 bits per heavy atom. The molecule has 0 aromatic carbocycles. The van der Waals surface area contributed by atoms with Gasteiger partial charge in [0.2, 0.25) is 0 Å². The summed E-state index contributed by atoms with van der Waals surface area (Å²) in [5, 5.41) is 7.60. The summed E-state index contributed by atoms with van der Waals surface area (Å²) in [6.45, 7) is 2.96. The van der Waals surface area contributed by atoms with Crippen LogP contribution in [0.2, 0.25) is 0 Å². The van der Waals surface area contributed by atoms with E-state index in [4.69, 9.17) is 5.11 Å². The van der Waals surface area contributed by atoms with Gasteiger partial charge in [-0.3, -0.25) is 0 Å². The molecular weight excluding hydrogens is 166 g/mol. The first-order valence-corrected chi connectivity index (χ1v) is 2.47. The second-order valence-electron chi connectivity index (χ2n) is 1.88. The molecule has 3 nitrogen and oxygen atoms in total. The van der Waals surface area contributed by atoms with Gasteiger partial charge in [-0.25, -0.2) is 4.79 Å². The van der Waals surface area contributed by atoms with Crippen LogP contribution in [-0.2, 0) is 26.5 Å². The fraction of sp³-hybridized carbons (Fsp3) is 0.500. The van der Waals surface area contributed by atoms with E-state index in [0.29, 0.717) is 0 Å². The minimum absolute atomic E-state index is 0. The zero-order chi connectivity index (χ0) is 7.86. The van der Waals surface area contributed by atoms with E-state index in [1.807, 2.05) is 26.0 Å². The van der Waals surface area contributed by atoms with Crippen LogP contribution >= 0.6 is 0 Å². The molecule has 0 rings (SSSR count). The molecule has 0 saturated carbocycles. The van der Waals surface area contributed by atoms with Crippen molar-refractivity contribution < 1.29 is 31.6 Å². The summed E-state index contributed by atoms with van der Waals surface area (Å²) in [6.07, 6.45) is 0.833. The number of hydrogen-bond acceptors (Lipinski definition) is 2. The molecule has 0 aliphatic carbocycles. The van der Waals surface area contributed by atoms with Crippen molar-refractivity contribution in [2.24, 2.45) is 0 Å². The summed E-state index contributed by atoms with van der Waals surface area (Å²) >= 11 is 0. The molecule has 0 radical (unpaired) electrons.